The first kappa shape index (κ1) is 9.28. The van der Waals surface area contributed by atoms with Crippen LogP contribution in [0, 0.1) is 0 Å². The SMILES string of the molecule is O=CCCc1ccc2[nH]cc(Cl)c2c1. The van der Waals surface area contributed by atoms with Crippen LogP contribution in [-0.2, 0) is 11.2 Å². The lowest BCUT2D eigenvalue weighted by atomic mass is 10.1. The average molecular weight is 208 g/mol. The molecule has 0 fully saturated rings. The largest absolute Gasteiger partial charge is 0.360 e. The van der Waals surface area contributed by atoms with Gasteiger partial charge in [-0.25, -0.2) is 0 Å². The number of rotatable bonds is 3. The predicted octanol–water partition coefficient (Wildman–Crippen LogP) is 2.95. The first-order chi connectivity index (χ1) is 6.81. The van der Waals surface area contributed by atoms with Crippen molar-refractivity contribution in [1.29, 1.82) is 0 Å². The molecule has 72 valence electrons. The van der Waals surface area contributed by atoms with Gasteiger partial charge in [-0.05, 0) is 24.1 Å². The van der Waals surface area contributed by atoms with Gasteiger partial charge in [0.05, 0.1) is 5.02 Å². The molecule has 14 heavy (non-hydrogen) atoms. The number of carbonyl (C=O) groups is 1. The van der Waals surface area contributed by atoms with Gasteiger partial charge in [0.1, 0.15) is 6.29 Å². The maximum Gasteiger partial charge on any atom is 0.120 e. The van der Waals surface area contributed by atoms with Crippen LogP contribution in [0.25, 0.3) is 10.9 Å². The maximum absolute atomic E-state index is 10.2. The number of fused-ring (bicyclic) bond motifs is 1. The van der Waals surface area contributed by atoms with Crippen LogP contribution in [0.4, 0.5) is 0 Å². The zero-order valence-corrected chi connectivity index (χ0v) is 8.34. The lowest BCUT2D eigenvalue weighted by Crippen LogP contribution is -1.85. The summed E-state index contributed by atoms with van der Waals surface area (Å²) in [5, 5.41) is 1.75. The zero-order chi connectivity index (χ0) is 9.97. The van der Waals surface area contributed by atoms with Gasteiger partial charge in [-0.15, -0.1) is 0 Å². The molecule has 1 aromatic carbocycles. The Balaban J connectivity index is 2.39. The second-order valence-electron chi connectivity index (χ2n) is 3.22. The van der Waals surface area contributed by atoms with E-state index < -0.39 is 0 Å². The van der Waals surface area contributed by atoms with Crippen molar-refractivity contribution in [2.45, 2.75) is 12.8 Å². The average Bonchev–Trinajstić information content (AvgIpc) is 2.57. The number of hydrogen-bond donors (Lipinski definition) is 1. The highest BCUT2D eigenvalue weighted by atomic mass is 35.5. The van der Waals surface area contributed by atoms with Crippen molar-refractivity contribution in [1.82, 2.24) is 4.98 Å². The van der Waals surface area contributed by atoms with Crippen LogP contribution in [0.1, 0.15) is 12.0 Å². The second kappa shape index (κ2) is 3.84. The summed E-state index contributed by atoms with van der Waals surface area (Å²) in [7, 11) is 0. The molecule has 1 N–H and O–H groups in total. The van der Waals surface area contributed by atoms with Crippen LogP contribution < -0.4 is 0 Å². The number of aryl methyl sites for hydroxylation is 1. The number of hydrogen-bond acceptors (Lipinski definition) is 1. The lowest BCUT2D eigenvalue weighted by molar-refractivity contribution is -0.107. The molecule has 2 rings (SSSR count). The molecule has 0 atom stereocenters. The van der Waals surface area contributed by atoms with Crippen LogP contribution in [0.2, 0.25) is 5.02 Å². The first-order valence-corrected chi connectivity index (χ1v) is 4.88. The molecule has 2 aromatic rings. The Bertz CT molecular complexity index is 461. The number of aromatic amines is 1. The normalized spacial score (nSPS) is 10.6. The highest BCUT2D eigenvalue weighted by molar-refractivity contribution is 6.35. The molecule has 0 spiro atoms. The van der Waals surface area contributed by atoms with Gasteiger partial charge in [-0.3, -0.25) is 0 Å². The number of carbonyl (C=O) groups excluding carboxylic acids is 1. The molecule has 0 amide bonds. The highest BCUT2D eigenvalue weighted by Gasteiger charge is 2.01. The van der Waals surface area contributed by atoms with Crippen molar-refractivity contribution in [3.05, 3.63) is 35.0 Å². The number of aromatic nitrogens is 1. The molecule has 3 heteroatoms. The van der Waals surface area contributed by atoms with Crippen LogP contribution in [0.15, 0.2) is 24.4 Å². The Morgan fingerprint density at radius 2 is 2.29 bits per heavy atom. The van der Waals surface area contributed by atoms with E-state index in [1.165, 1.54) is 0 Å². The highest BCUT2D eigenvalue weighted by Crippen LogP contribution is 2.24. The summed E-state index contributed by atoms with van der Waals surface area (Å²) in [6.07, 6.45) is 4.05. The smallest absolute Gasteiger partial charge is 0.120 e. The summed E-state index contributed by atoms with van der Waals surface area (Å²) in [6.45, 7) is 0. The molecule has 1 aromatic heterocycles. The zero-order valence-electron chi connectivity index (χ0n) is 7.59. The summed E-state index contributed by atoms with van der Waals surface area (Å²) < 4.78 is 0. The van der Waals surface area contributed by atoms with Gasteiger partial charge in [0.15, 0.2) is 0 Å². The van der Waals surface area contributed by atoms with Gasteiger partial charge in [0.25, 0.3) is 0 Å². The first-order valence-electron chi connectivity index (χ1n) is 4.50. The molecule has 1 heterocycles. The Morgan fingerprint density at radius 1 is 1.43 bits per heavy atom. The van der Waals surface area contributed by atoms with E-state index in [9.17, 15) is 4.79 Å². The van der Waals surface area contributed by atoms with E-state index in [4.69, 9.17) is 11.6 Å². The Kier molecular flexibility index (Phi) is 2.55. The van der Waals surface area contributed by atoms with Crippen molar-refractivity contribution in [3.63, 3.8) is 0 Å². The molecular weight excluding hydrogens is 198 g/mol. The number of halogens is 1. The van der Waals surface area contributed by atoms with E-state index in [1.54, 1.807) is 6.20 Å². The Labute approximate surface area is 86.9 Å². The molecule has 0 bridgehead atoms. The Hall–Kier alpha value is -1.28. The fourth-order valence-electron chi connectivity index (χ4n) is 1.51. The molecule has 2 nitrogen and oxygen atoms in total. The van der Waals surface area contributed by atoms with E-state index >= 15 is 0 Å². The number of H-pyrrole nitrogens is 1. The standard InChI is InChI=1S/C11H10ClNO/c12-10-7-13-11-4-3-8(2-1-5-14)6-9(10)11/h3-7,13H,1-2H2. The van der Waals surface area contributed by atoms with Crippen molar-refractivity contribution in [2.75, 3.05) is 0 Å². The minimum atomic E-state index is 0.563. The fraction of sp³-hybridized carbons (Fsp3) is 0.182. The van der Waals surface area contributed by atoms with E-state index in [0.717, 1.165) is 34.2 Å². The topological polar surface area (TPSA) is 32.9 Å². The summed E-state index contributed by atoms with van der Waals surface area (Å²) >= 11 is 5.98. The molecule has 0 saturated carbocycles. The molecule has 0 aliphatic rings. The van der Waals surface area contributed by atoms with Crippen molar-refractivity contribution in [2.24, 2.45) is 0 Å². The van der Waals surface area contributed by atoms with Crippen molar-refractivity contribution < 1.29 is 4.79 Å². The van der Waals surface area contributed by atoms with Gasteiger partial charge in [0, 0.05) is 23.5 Å². The monoisotopic (exact) mass is 207 g/mol. The van der Waals surface area contributed by atoms with Crippen LogP contribution in [0.5, 0.6) is 0 Å². The second-order valence-corrected chi connectivity index (χ2v) is 3.63. The summed E-state index contributed by atoms with van der Waals surface area (Å²) in [5.74, 6) is 0. The third-order valence-corrected chi connectivity index (χ3v) is 2.56. The summed E-state index contributed by atoms with van der Waals surface area (Å²) in [5.41, 5.74) is 2.18. The van der Waals surface area contributed by atoms with E-state index in [0.29, 0.717) is 6.42 Å². The van der Waals surface area contributed by atoms with Crippen LogP contribution >= 0.6 is 11.6 Å². The third-order valence-electron chi connectivity index (χ3n) is 2.25. The fourth-order valence-corrected chi connectivity index (χ4v) is 1.73. The van der Waals surface area contributed by atoms with E-state index in [-0.39, 0.29) is 0 Å². The number of benzene rings is 1. The number of aldehydes is 1. The predicted molar refractivity (Wildman–Crippen MR) is 57.7 cm³/mol. The quantitative estimate of drug-likeness (QED) is 0.772. The molecule has 0 aliphatic heterocycles. The summed E-state index contributed by atoms with van der Waals surface area (Å²) in [6, 6.07) is 6.03. The van der Waals surface area contributed by atoms with Crippen LogP contribution in [-0.4, -0.2) is 11.3 Å². The minimum absolute atomic E-state index is 0.563. The molecule has 0 saturated heterocycles. The van der Waals surface area contributed by atoms with Crippen LogP contribution in [0.3, 0.4) is 0 Å². The van der Waals surface area contributed by atoms with E-state index in [2.05, 4.69) is 4.98 Å². The van der Waals surface area contributed by atoms with Crippen molar-refractivity contribution >= 4 is 28.8 Å². The number of nitrogens with one attached hydrogen (secondary N) is 1. The molecule has 0 aliphatic carbocycles. The van der Waals surface area contributed by atoms with Crippen molar-refractivity contribution in [3.8, 4) is 0 Å². The van der Waals surface area contributed by atoms with E-state index in [1.807, 2.05) is 18.2 Å². The molecule has 0 radical (unpaired) electrons. The van der Waals surface area contributed by atoms with Gasteiger partial charge in [-0.1, -0.05) is 17.7 Å². The van der Waals surface area contributed by atoms with Gasteiger partial charge < -0.3 is 9.78 Å². The summed E-state index contributed by atoms with van der Waals surface area (Å²) in [4.78, 5) is 13.3. The van der Waals surface area contributed by atoms with Gasteiger partial charge >= 0.3 is 0 Å². The van der Waals surface area contributed by atoms with Gasteiger partial charge in [-0.2, -0.15) is 0 Å². The molecular formula is C11H10ClNO. The lowest BCUT2D eigenvalue weighted by Gasteiger charge is -1.98. The maximum atomic E-state index is 10.2. The Morgan fingerprint density at radius 3 is 3.07 bits per heavy atom. The third kappa shape index (κ3) is 1.66. The molecule has 0 unspecified atom stereocenters. The minimum Gasteiger partial charge on any atom is -0.360 e. The van der Waals surface area contributed by atoms with Gasteiger partial charge in [0.2, 0.25) is 0 Å².